The maximum absolute atomic E-state index is 11.8. The lowest BCUT2D eigenvalue weighted by Gasteiger charge is -1.98. The average Bonchev–Trinajstić information content (AvgIpc) is 3.05. The number of carboxylic acid groups (broad SMARTS) is 1. The van der Waals surface area contributed by atoms with Crippen LogP contribution in [0.1, 0.15) is 51.5 Å². The van der Waals surface area contributed by atoms with E-state index in [4.69, 9.17) is 9.63 Å². The number of aromatic carboxylic acids is 1. The minimum absolute atomic E-state index is 0.0252. The number of carboxylic acids is 1. The molecule has 0 aliphatic heterocycles. The van der Waals surface area contributed by atoms with Crippen molar-refractivity contribution in [1.82, 2.24) is 15.5 Å². The average molecular weight is 295 g/mol. The van der Waals surface area contributed by atoms with Gasteiger partial charge in [0.15, 0.2) is 11.4 Å². The molecule has 20 heavy (non-hydrogen) atoms. The number of rotatable bonds is 5. The molecule has 7 nitrogen and oxygen atoms in total. The van der Waals surface area contributed by atoms with Crippen LogP contribution in [0.5, 0.6) is 0 Å². The lowest BCUT2D eigenvalue weighted by molar-refractivity contribution is 0.0691. The number of thiazole rings is 1. The summed E-state index contributed by atoms with van der Waals surface area (Å²) < 4.78 is 5.03. The van der Waals surface area contributed by atoms with Crippen molar-refractivity contribution in [2.75, 3.05) is 0 Å². The van der Waals surface area contributed by atoms with Gasteiger partial charge in [0.2, 0.25) is 0 Å². The van der Waals surface area contributed by atoms with Crippen LogP contribution in [0.15, 0.2) is 16.0 Å². The molecule has 2 N–H and O–H groups in total. The van der Waals surface area contributed by atoms with Crippen LogP contribution >= 0.6 is 11.3 Å². The van der Waals surface area contributed by atoms with Crippen molar-refractivity contribution in [3.63, 3.8) is 0 Å². The monoisotopic (exact) mass is 295 g/mol. The van der Waals surface area contributed by atoms with E-state index in [1.54, 1.807) is 6.07 Å². The topological polar surface area (TPSA) is 105 Å². The van der Waals surface area contributed by atoms with Crippen molar-refractivity contribution >= 4 is 23.2 Å². The molecule has 1 amide bonds. The molecule has 8 heteroatoms. The summed E-state index contributed by atoms with van der Waals surface area (Å²) in [6.45, 7) is 4.02. The number of amides is 1. The molecule has 0 radical (unpaired) electrons. The molecular formula is C12H13N3O4S. The van der Waals surface area contributed by atoms with Crippen molar-refractivity contribution in [1.29, 1.82) is 0 Å². The number of carbonyl (C=O) groups excluding carboxylic acids is 1. The number of nitrogens with zero attached hydrogens (tertiary/aromatic N) is 2. The van der Waals surface area contributed by atoms with Crippen LogP contribution < -0.4 is 5.32 Å². The molecule has 0 spiro atoms. The first-order valence-corrected chi connectivity index (χ1v) is 6.78. The van der Waals surface area contributed by atoms with Crippen LogP contribution in [-0.4, -0.2) is 27.1 Å². The summed E-state index contributed by atoms with van der Waals surface area (Å²) in [5.41, 5.74) is 0.173. The zero-order valence-electron chi connectivity index (χ0n) is 10.9. The third kappa shape index (κ3) is 3.21. The first kappa shape index (κ1) is 14.2. The Kier molecular flexibility index (Phi) is 4.14. The van der Waals surface area contributed by atoms with Crippen LogP contribution in [0.25, 0.3) is 0 Å². The predicted octanol–water partition coefficient (Wildman–Crippen LogP) is 1.88. The Balaban J connectivity index is 1.95. The van der Waals surface area contributed by atoms with Gasteiger partial charge in [-0.25, -0.2) is 9.78 Å². The van der Waals surface area contributed by atoms with Crippen LogP contribution in [0.3, 0.4) is 0 Å². The van der Waals surface area contributed by atoms with Gasteiger partial charge in [0.25, 0.3) is 5.91 Å². The Morgan fingerprint density at radius 3 is 2.75 bits per heavy atom. The van der Waals surface area contributed by atoms with E-state index in [9.17, 15) is 9.59 Å². The molecule has 0 unspecified atom stereocenters. The summed E-state index contributed by atoms with van der Waals surface area (Å²) in [6.07, 6.45) is 0. The van der Waals surface area contributed by atoms with Gasteiger partial charge in [-0.15, -0.1) is 11.3 Å². The molecule has 106 valence electrons. The van der Waals surface area contributed by atoms with Gasteiger partial charge in [-0.1, -0.05) is 19.0 Å². The van der Waals surface area contributed by atoms with E-state index in [0.717, 1.165) is 0 Å². The van der Waals surface area contributed by atoms with Crippen molar-refractivity contribution in [3.8, 4) is 0 Å². The van der Waals surface area contributed by atoms with Gasteiger partial charge in [0.05, 0.1) is 6.54 Å². The quantitative estimate of drug-likeness (QED) is 0.872. The number of aromatic nitrogens is 2. The number of carbonyl (C=O) groups is 2. The van der Waals surface area contributed by atoms with E-state index in [1.165, 1.54) is 16.7 Å². The SMILES string of the molecule is CC(C)c1cc(C(=O)NCc2nc(C(=O)O)cs2)no1. The van der Waals surface area contributed by atoms with Crippen molar-refractivity contribution in [2.45, 2.75) is 26.3 Å². The second-order valence-electron chi connectivity index (χ2n) is 4.38. The first-order valence-electron chi connectivity index (χ1n) is 5.90. The molecule has 2 aromatic heterocycles. The summed E-state index contributed by atoms with van der Waals surface area (Å²) in [5.74, 6) is -0.677. The van der Waals surface area contributed by atoms with E-state index in [-0.39, 0.29) is 29.8 Å². The van der Waals surface area contributed by atoms with Gasteiger partial charge in [0.1, 0.15) is 10.8 Å². The lowest BCUT2D eigenvalue weighted by Crippen LogP contribution is -2.23. The Labute approximate surface area is 118 Å². The predicted molar refractivity (Wildman–Crippen MR) is 70.8 cm³/mol. The molecule has 2 rings (SSSR count). The number of nitrogens with one attached hydrogen (secondary N) is 1. The van der Waals surface area contributed by atoms with E-state index < -0.39 is 5.97 Å². The summed E-state index contributed by atoms with van der Waals surface area (Å²) >= 11 is 1.17. The zero-order chi connectivity index (χ0) is 14.7. The van der Waals surface area contributed by atoms with Gasteiger partial charge in [-0.05, 0) is 0 Å². The van der Waals surface area contributed by atoms with Crippen LogP contribution in [0, 0.1) is 0 Å². The molecule has 2 heterocycles. The van der Waals surface area contributed by atoms with Gasteiger partial charge in [-0.2, -0.15) is 0 Å². The zero-order valence-corrected chi connectivity index (χ0v) is 11.7. The first-order chi connectivity index (χ1) is 9.47. The summed E-state index contributed by atoms with van der Waals surface area (Å²) in [7, 11) is 0. The highest BCUT2D eigenvalue weighted by molar-refractivity contribution is 7.09. The molecule has 0 aromatic carbocycles. The van der Waals surface area contributed by atoms with E-state index in [1.807, 2.05) is 13.8 Å². The van der Waals surface area contributed by atoms with E-state index in [0.29, 0.717) is 10.8 Å². The lowest BCUT2D eigenvalue weighted by atomic mass is 10.1. The van der Waals surface area contributed by atoms with E-state index in [2.05, 4.69) is 15.5 Å². The Bertz CT molecular complexity index is 632. The van der Waals surface area contributed by atoms with Crippen molar-refractivity contribution in [3.05, 3.63) is 33.6 Å². The smallest absolute Gasteiger partial charge is 0.355 e. The minimum atomic E-state index is -1.09. The number of hydrogen-bond donors (Lipinski definition) is 2. The fraction of sp³-hybridized carbons (Fsp3) is 0.333. The molecule has 0 saturated carbocycles. The van der Waals surface area contributed by atoms with Gasteiger partial charge >= 0.3 is 5.97 Å². The highest BCUT2D eigenvalue weighted by atomic mass is 32.1. The Hall–Kier alpha value is -2.22. The van der Waals surface area contributed by atoms with Gasteiger partial charge in [0, 0.05) is 17.4 Å². The normalized spacial score (nSPS) is 10.8. The van der Waals surface area contributed by atoms with Crippen LogP contribution in [-0.2, 0) is 6.54 Å². The summed E-state index contributed by atoms with van der Waals surface area (Å²) in [4.78, 5) is 26.4. The fourth-order valence-electron chi connectivity index (χ4n) is 1.41. The molecule has 0 atom stereocenters. The molecule has 0 fully saturated rings. The van der Waals surface area contributed by atoms with Gasteiger partial charge in [-0.3, -0.25) is 4.79 Å². The van der Waals surface area contributed by atoms with Crippen molar-refractivity contribution < 1.29 is 19.2 Å². The van der Waals surface area contributed by atoms with Crippen LogP contribution in [0.2, 0.25) is 0 Å². The van der Waals surface area contributed by atoms with E-state index >= 15 is 0 Å². The summed E-state index contributed by atoms with van der Waals surface area (Å²) in [5, 5.41) is 17.0. The second-order valence-corrected chi connectivity index (χ2v) is 5.33. The third-order valence-corrected chi connectivity index (χ3v) is 3.35. The fourth-order valence-corrected chi connectivity index (χ4v) is 2.11. The van der Waals surface area contributed by atoms with Crippen molar-refractivity contribution in [2.24, 2.45) is 0 Å². The molecule has 0 saturated heterocycles. The summed E-state index contributed by atoms with van der Waals surface area (Å²) in [6, 6.07) is 1.59. The van der Waals surface area contributed by atoms with Crippen LogP contribution in [0.4, 0.5) is 0 Å². The standard InChI is InChI=1S/C12H13N3O4S/c1-6(2)9-3-7(15-19-9)11(16)13-4-10-14-8(5-20-10)12(17)18/h3,5-6H,4H2,1-2H3,(H,13,16)(H,17,18). The molecule has 2 aromatic rings. The second kappa shape index (κ2) is 5.83. The third-order valence-electron chi connectivity index (χ3n) is 2.50. The highest BCUT2D eigenvalue weighted by Gasteiger charge is 2.15. The maximum Gasteiger partial charge on any atom is 0.355 e. The molecule has 0 bridgehead atoms. The molecule has 0 aliphatic carbocycles. The minimum Gasteiger partial charge on any atom is -0.476 e. The van der Waals surface area contributed by atoms with Gasteiger partial charge < -0.3 is 14.9 Å². The maximum atomic E-state index is 11.8. The largest absolute Gasteiger partial charge is 0.476 e. The highest BCUT2D eigenvalue weighted by Crippen LogP contribution is 2.15. The Morgan fingerprint density at radius 1 is 1.45 bits per heavy atom. The molecular weight excluding hydrogens is 282 g/mol. The Morgan fingerprint density at radius 2 is 2.20 bits per heavy atom. The number of hydrogen-bond acceptors (Lipinski definition) is 6. The molecule has 0 aliphatic rings.